The van der Waals surface area contributed by atoms with Crippen LogP contribution in [0.4, 0.5) is 5.69 Å². The van der Waals surface area contributed by atoms with Gasteiger partial charge in [0.2, 0.25) is 0 Å². The zero-order valence-corrected chi connectivity index (χ0v) is 18.5. The number of carbonyl (C=O) groups is 2. The standard InChI is InChI=1S/C26H28N2O4/c1-3-5-16-32-24-10-6-9-22(17-24)25(29)28(19-20-8-7-15-27-18-20)23-13-11-21(12-14-23)26(30)31-4-2/h6-15,17-18H,3-5,16,19H2,1-2H3. The first-order chi connectivity index (χ1) is 15.6. The highest BCUT2D eigenvalue weighted by atomic mass is 16.5. The molecule has 3 rings (SSSR count). The van der Waals surface area contributed by atoms with Gasteiger partial charge in [0, 0.05) is 23.6 Å². The van der Waals surface area contributed by atoms with E-state index in [1.807, 2.05) is 24.3 Å². The second-order valence-electron chi connectivity index (χ2n) is 7.25. The van der Waals surface area contributed by atoms with Gasteiger partial charge in [0.25, 0.3) is 5.91 Å². The number of carbonyl (C=O) groups excluding carboxylic acids is 2. The number of anilines is 1. The summed E-state index contributed by atoms with van der Waals surface area (Å²) in [7, 11) is 0. The largest absolute Gasteiger partial charge is 0.494 e. The Kier molecular flexibility index (Phi) is 8.37. The normalized spacial score (nSPS) is 10.4. The van der Waals surface area contributed by atoms with Crippen molar-refractivity contribution in [2.24, 2.45) is 0 Å². The molecule has 0 atom stereocenters. The minimum Gasteiger partial charge on any atom is -0.494 e. The molecule has 3 aromatic rings. The molecule has 2 aromatic carbocycles. The van der Waals surface area contributed by atoms with Crippen LogP contribution in [-0.2, 0) is 11.3 Å². The second-order valence-corrected chi connectivity index (χ2v) is 7.25. The van der Waals surface area contributed by atoms with Crippen LogP contribution in [0.5, 0.6) is 5.75 Å². The van der Waals surface area contributed by atoms with Crippen LogP contribution in [0.3, 0.4) is 0 Å². The molecular formula is C26H28N2O4. The Hall–Kier alpha value is -3.67. The average molecular weight is 433 g/mol. The third-order valence-electron chi connectivity index (χ3n) is 4.85. The highest BCUT2D eigenvalue weighted by Gasteiger charge is 2.20. The van der Waals surface area contributed by atoms with Crippen LogP contribution in [0.2, 0.25) is 0 Å². The lowest BCUT2D eigenvalue weighted by atomic mass is 10.1. The molecule has 0 spiro atoms. The van der Waals surface area contributed by atoms with Gasteiger partial charge in [-0.3, -0.25) is 9.78 Å². The van der Waals surface area contributed by atoms with Gasteiger partial charge in [-0.25, -0.2) is 4.79 Å². The minimum absolute atomic E-state index is 0.168. The van der Waals surface area contributed by atoms with E-state index in [4.69, 9.17) is 9.47 Å². The molecule has 1 aromatic heterocycles. The van der Waals surface area contributed by atoms with Gasteiger partial charge >= 0.3 is 5.97 Å². The lowest BCUT2D eigenvalue weighted by molar-refractivity contribution is 0.0526. The molecule has 0 unspecified atom stereocenters. The van der Waals surface area contributed by atoms with E-state index in [2.05, 4.69) is 11.9 Å². The molecule has 1 amide bonds. The Morgan fingerprint density at radius 1 is 0.969 bits per heavy atom. The van der Waals surface area contributed by atoms with Crippen molar-refractivity contribution in [1.82, 2.24) is 4.98 Å². The first-order valence-corrected chi connectivity index (χ1v) is 10.8. The summed E-state index contributed by atoms with van der Waals surface area (Å²) >= 11 is 0. The van der Waals surface area contributed by atoms with Crippen molar-refractivity contribution in [3.8, 4) is 5.75 Å². The van der Waals surface area contributed by atoms with Crippen molar-refractivity contribution >= 4 is 17.6 Å². The molecule has 32 heavy (non-hydrogen) atoms. The summed E-state index contributed by atoms with van der Waals surface area (Å²) in [6, 6.07) is 17.8. The van der Waals surface area contributed by atoms with Crippen LogP contribution in [0, 0.1) is 0 Å². The van der Waals surface area contributed by atoms with Crippen molar-refractivity contribution in [1.29, 1.82) is 0 Å². The maximum atomic E-state index is 13.5. The number of pyridine rings is 1. The highest BCUT2D eigenvalue weighted by Crippen LogP contribution is 2.23. The topological polar surface area (TPSA) is 68.7 Å². The zero-order valence-electron chi connectivity index (χ0n) is 18.5. The van der Waals surface area contributed by atoms with Gasteiger partial charge in [0.05, 0.1) is 25.3 Å². The fourth-order valence-corrected chi connectivity index (χ4v) is 3.16. The van der Waals surface area contributed by atoms with Gasteiger partial charge in [0.1, 0.15) is 5.75 Å². The maximum absolute atomic E-state index is 13.5. The summed E-state index contributed by atoms with van der Waals surface area (Å²) < 4.78 is 10.8. The van der Waals surface area contributed by atoms with Gasteiger partial charge in [-0.15, -0.1) is 0 Å². The number of hydrogen-bond donors (Lipinski definition) is 0. The zero-order chi connectivity index (χ0) is 22.8. The van der Waals surface area contributed by atoms with Crippen LogP contribution in [0.1, 0.15) is 53.0 Å². The van der Waals surface area contributed by atoms with Crippen molar-refractivity contribution in [3.05, 3.63) is 89.7 Å². The molecule has 166 valence electrons. The fourth-order valence-electron chi connectivity index (χ4n) is 3.16. The molecule has 0 aliphatic rings. The molecule has 0 N–H and O–H groups in total. The third kappa shape index (κ3) is 6.17. The van der Waals surface area contributed by atoms with E-state index in [-0.39, 0.29) is 11.9 Å². The van der Waals surface area contributed by atoms with E-state index in [0.29, 0.717) is 42.3 Å². The molecule has 6 nitrogen and oxygen atoms in total. The molecule has 0 bridgehead atoms. The Morgan fingerprint density at radius 2 is 1.78 bits per heavy atom. The Labute approximate surface area is 188 Å². The summed E-state index contributed by atoms with van der Waals surface area (Å²) in [6.45, 7) is 5.13. The van der Waals surface area contributed by atoms with Crippen molar-refractivity contribution in [2.75, 3.05) is 18.1 Å². The Balaban J connectivity index is 1.88. The second kappa shape index (κ2) is 11.6. The summed E-state index contributed by atoms with van der Waals surface area (Å²) in [6.07, 6.45) is 5.43. The van der Waals surface area contributed by atoms with E-state index in [1.165, 1.54) is 0 Å². The SMILES string of the molecule is CCCCOc1cccc(C(=O)N(Cc2cccnc2)c2ccc(C(=O)OCC)cc2)c1. The van der Waals surface area contributed by atoms with Crippen LogP contribution < -0.4 is 9.64 Å². The lowest BCUT2D eigenvalue weighted by Gasteiger charge is -2.23. The summed E-state index contributed by atoms with van der Waals surface area (Å²) in [4.78, 5) is 31.3. The molecule has 0 saturated carbocycles. The molecule has 0 saturated heterocycles. The first kappa shape index (κ1) is 23.0. The third-order valence-corrected chi connectivity index (χ3v) is 4.85. The molecule has 0 aliphatic heterocycles. The Bertz CT molecular complexity index is 1020. The van der Waals surface area contributed by atoms with Gasteiger partial charge < -0.3 is 14.4 Å². The van der Waals surface area contributed by atoms with Crippen molar-refractivity contribution in [3.63, 3.8) is 0 Å². The predicted molar refractivity (Wildman–Crippen MR) is 124 cm³/mol. The molecule has 0 radical (unpaired) electrons. The molecule has 1 heterocycles. The number of amides is 1. The average Bonchev–Trinajstić information content (AvgIpc) is 2.83. The number of benzene rings is 2. The maximum Gasteiger partial charge on any atom is 0.338 e. The summed E-state index contributed by atoms with van der Waals surface area (Å²) in [5.41, 5.74) is 2.53. The monoisotopic (exact) mass is 432 g/mol. The quantitative estimate of drug-likeness (QED) is 0.322. The van der Waals surface area contributed by atoms with Gasteiger partial charge in [-0.1, -0.05) is 25.5 Å². The number of ether oxygens (including phenoxy) is 2. The number of aromatic nitrogens is 1. The first-order valence-electron chi connectivity index (χ1n) is 10.8. The number of esters is 1. The van der Waals surface area contributed by atoms with Gasteiger partial charge in [-0.05, 0) is 67.4 Å². The number of hydrogen-bond acceptors (Lipinski definition) is 5. The number of nitrogens with zero attached hydrogens (tertiary/aromatic N) is 2. The number of rotatable bonds is 10. The smallest absolute Gasteiger partial charge is 0.338 e. The van der Waals surface area contributed by atoms with Gasteiger partial charge in [0.15, 0.2) is 0 Å². The van der Waals surface area contributed by atoms with E-state index < -0.39 is 0 Å². The predicted octanol–water partition coefficient (Wildman–Crippen LogP) is 5.28. The number of unbranched alkanes of at least 4 members (excludes halogenated alkanes) is 1. The highest BCUT2D eigenvalue weighted by molar-refractivity contribution is 6.06. The summed E-state index contributed by atoms with van der Waals surface area (Å²) in [5.74, 6) is 0.114. The molecule has 6 heteroatoms. The molecule has 0 fully saturated rings. The van der Waals surface area contributed by atoms with Crippen molar-refractivity contribution in [2.45, 2.75) is 33.2 Å². The fraction of sp³-hybridized carbons (Fsp3) is 0.269. The Morgan fingerprint density at radius 3 is 2.47 bits per heavy atom. The minimum atomic E-state index is -0.388. The van der Waals surface area contributed by atoms with Crippen molar-refractivity contribution < 1.29 is 19.1 Å². The van der Waals surface area contributed by atoms with Crippen LogP contribution in [-0.4, -0.2) is 30.1 Å². The molecule has 0 aliphatic carbocycles. The summed E-state index contributed by atoms with van der Waals surface area (Å²) in [5, 5.41) is 0. The van der Waals surface area contributed by atoms with Crippen LogP contribution in [0.15, 0.2) is 73.1 Å². The molecular weight excluding hydrogens is 404 g/mol. The van der Waals surface area contributed by atoms with Crippen LogP contribution >= 0.6 is 0 Å². The van der Waals surface area contributed by atoms with E-state index in [9.17, 15) is 9.59 Å². The van der Waals surface area contributed by atoms with E-state index >= 15 is 0 Å². The van der Waals surface area contributed by atoms with E-state index in [1.54, 1.807) is 60.6 Å². The van der Waals surface area contributed by atoms with E-state index in [0.717, 1.165) is 18.4 Å². The lowest BCUT2D eigenvalue weighted by Crippen LogP contribution is -2.30. The van der Waals surface area contributed by atoms with Crippen LogP contribution in [0.25, 0.3) is 0 Å². The van der Waals surface area contributed by atoms with Gasteiger partial charge in [-0.2, -0.15) is 0 Å².